The molecule has 1 aliphatic rings. The van der Waals surface area contributed by atoms with Gasteiger partial charge in [0.1, 0.15) is 12.4 Å². The molecule has 7 nitrogen and oxygen atoms in total. The lowest BCUT2D eigenvalue weighted by Gasteiger charge is -2.25. The molecule has 152 valence electrons. The number of nitrogens with zero attached hydrogens (tertiary/aromatic N) is 4. The lowest BCUT2D eigenvalue weighted by molar-refractivity contribution is 0.0898. The van der Waals surface area contributed by atoms with Crippen LogP contribution in [0.5, 0.6) is 5.75 Å². The highest BCUT2D eigenvalue weighted by molar-refractivity contribution is 5.95. The quantitative estimate of drug-likeness (QED) is 0.741. The zero-order valence-corrected chi connectivity index (χ0v) is 17.6. The van der Waals surface area contributed by atoms with Crippen LogP contribution in [0.15, 0.2) is 30.6 Å². The van der Waals surface area contributed by atoms with Crippen LogP contribution < -0.4 is 10.1 Å². The Hall–Kier alpha value is -2.93. The van der Waals surface area contributed by atoms with E-state index in [0.29, 0.717) is 18.1 Å². The average Bonchev–Trinajstić information content (AvgIpc) is 2.89. The molecule has 1 amide bonds. The summed E-state index contributed by atoms with van der Waals surface area (Å²) in [5.41, 5.74) is 3.76. The molecule has 3 aromatic heterocycles. The molecule has 0 radical (unpaired) electrons. The van der Waals surface area contributed by atoms with E-state index in [9.17, 15) is 4.79 Å². The monoisotopic (exact) mass is 393 g/mol. The minimum absolute atomic E-state index is 0.265. The van der Waals surface area contributed by atoms with Crippen LogP contribution in [-0.4, -0.2) is 45.4 Å². The van der Waals surface area contributed by atoms with Crippen molar-refractivity contribution in [3.8, 4) is 5.75 Å². The summed E-state index contributed by atoms with van der Waals surface area (Å²) in [6.45, 7) is 10.0. The Morgan fingerprint density at radius 1 is 1.28 bits per heavy atom. The predicted octanol–water partition coefficient (Wildman–Crippen LogP) is 2.84. The Bertz CT molecular complexity index is 1090. The first-order valence-corrected chi connectivity index (χ1v) is 9.84. The summed E-state index contributed by atoms with van der Waals surface area (Å²) < 4.78 is 7.95. The Morgan fingerprint density at radius 3 is 2.86 bits per heavy atom. The van der Waals surface area contributed by atoms with E-state index in [4.69, 9.17) is 9.72 Å². The van der Waals surface area contributed by atoms with Gasteiger partial charge < -0.3 is 14.5 Å². The molecule has 4 heterocycles. The number of aromatic nitrogens is 3. The van der Waals surface area contributed by atoms with Crippen LogP contribution in [0, 0.1) is 13.8 Å². The maximum atomic E-state index is 13.2. The number of carbonyl (C=O) groups excluding carboxylic acids is 1. The number of hydrogen-bond donors (Lipinski definition) is 1. The van der Waals surface area contributed by atoms with Gasteiger partial charge in [-0.1, -0.05) is 6.07 Å². The van der Waals surface area contributed by atoms with Gasteiger partial charge in [0.25, 0.3) is 5.91 Å². The number of hydrogen-bond acceptors (Lipinski definition) is 5. The summed E-state index contributed by atoms with van der Waals surface area (Å²) >= 11 is 0. The number of rotatable bonds is 3. The molecule has 3 aromatic rings. The summed E-state index contributed by atoms with van der Waals surface area (Å²) in [6, 6.07) is 5.97. The normalized spacial score (nSPS) is 14.9. The Labute approximate surface area is 170 Å². The van der Waals surface area contributed by atoms with E-state index in [1.165, 1.54) is 0 Å². The second kappa shape index (κ2) is 7.15. The third-order valence-electron chi connectivity index (χ3n) is 5.39. The lowest BCUT2D eigenvalue weighted by atomic mass is 10.0. The predicted molar refractivity (Wildman–Crippen MR) is 111 cm³/mol. The molecule has 0 spiro atoms. The number of ether oxygens (including phenoxy) is 1. The fourth-order valence-electron chi connectivity index (χ4n) is 3.97. The van der Waals surface area contributed by atoms with Crippen molar-refractivity contribution >= 4 is 11.4 Å². The number of amides is 1. The number of likely N-dealkylation sites (N-methyl/N-ethyl adjacent to an activating group) is 1. The van der Waals surface area contributed by atoms with Crippen molar-refractivity contribution in [2.75, 3.05) is 20.2 Å². The molecule has 1 N–H and O–H groups in total. The minimum atomic E-state index is -0.700. The summed E-state index contributed by atoms with van der Waals surface area (Å²) in [5, 5.41) is 3.12. The SMILES string of the molecule is Cc1cccn2c(C(C)(C)NC(=O)c3nccc4c3OCCN(C)C4)nc(C)c12. The molecule has 4 rings (SSSR count). The maximum absolute atomic E-state index is 13.2. The fourth-order valence-corrected chi connectivity index (χ4v) is 3.97. The Kier molecular flexibility index (Phi) is 4.78. The summed E-state index contributed by atoms with van der Waals surface area (Å²) in [5.74, 6) is 1.09. The van der Waals surface area contributed by atoms with Gasteiger partial charge in [-0.3, -0.25) is 9.69 Å². The minimum Gasteiger partial charge on any atom is -0.489 e. The second-order valence-electron chi connectivity index (χ2n) is 8.24. The maximum Gasteiger partial charge on any atom is 0.274 e. The van der Waals surface area contributed by atoms with E-state index in [2.05, 4.69) is 32.6 Å². The number of aryl methyl sites for hydroxylation is 2. The summed E-state index contributed by atoms with van der Waals surface area (Å²) in [7, 11) is 2.04. The van der Waals surface area contributed by atoms with Crippen LogP contribution in [0.3, 0.4) is 0 Å². The molecule has 0 atom stereocenters. The van der Waals surface area contributed by atoms with Crippen LogP contribution in [0.25, 0.3) is 5.52 Å². The third-order valence-corrected chi connectivity index (χ3v) is 5.39. The van der Waals surface area contributed by atoms with E-state index in [-0.39, 0.29) is 5.91 Å². The topological polar surface area (TPSA) is 71.8 Å². The number of fused-ring (bicyclic) bond motifs is 2. The van der Waals surface area contributed by atoms with E-state index in [1.807, 2.05) is 46.1 Å². The number of imidazole rings is 1. The van der Waals surface area contributed by atoms with Gasteiger partial charge in [-0.15, -0.1) is 0 Å². The standard InChI is InChI=1S/C22H27N5O2/c1-14-7-6-10-27-18(14)15(2)24-21(27)22(3,4)25-20(28)17-19-16(8-9-23-17)13-26(5)11-12-29-19/h6-10H,11-13H2,1-5H3,(H,25,28). The van der Waals surface area contributed by atoms with E-state index >= 15 is 0 Å². The molecular formula is C22H27N5O2. The van der Waals surface area contributed by atoms with Crippen LogP contribution in [0.1, 0.15) is 47.0 Å². The molecule has 29 heavy (non-hydrogen) atoms. The fraction of sp³-hybridized carbons (Fsp3) is 0.409. The molecule has 1 aliphatic heterocycles. The Morgan fingerprint density at radius 2 is 2.07 bits per heavy atom. The molecular weight excluding hydrogens is 366 g/mol. The molecule has 0 aliphatic carbocycles. The van der Waals surface area contributed by atoms with Gasteiger partial charge in [0.15, 0.2) is 11.4 Å². The van der Waals surface area contributed by atoms with Crippen LogP contribution >= 0.6 is 0 Å². The highest BCUT2D eigenvalue weighted by Gasteiger charge is 2.31. The van der Waals surface area contributed by atoms with Crippen LogP contribution in [0.4, 0.5) is 0 Å². The highest BCUT2D eigenvalue weighted by Crippen LogP contribution is 2.28. The van der Waals surface area contributed by atoms with Gasteiger partial charge >= 0.3 is 0 Å². The van der Waals surface area contributed by atoms with Crippen molar-refractivity contribution in [3.05, 3.63) is 58.9 Å². The van der Waals surface area contributed by atoms with E-state index in [1.54, 1.807) is 6.20 Å². The number of pyridine rings is 2. The van der Waals surface area contributed by atoms with Crippen molar-refractivity contribution in [2.45, 2.75) is 39.8 Å². The number of nitrogens with one attached hydrogen (secondary N) is 1. The largest absolute Gasteiger partial charge is 0.489 e. The van der Waals surface area contributed by atoms with Gasteiger partial charge in [0.05, 0.1) is 16.7 Å². The van der Waals surface area contributed by atoms with Crippen molar-refractivity contribution in [1.82, 2.24) is 24.6 Å². The summed E-state index contributed by atoms with van der Waals surface area (Å²) in [4.78, 5) is 24.5. The first kappa shape index (κ1) is 19.4. The summed E-state index contributed by atoms with van der Waals surface area (Å²) in [6.07, 6.45) is 3.65. The molecule has 7 heteroatoms. The zero-order valence-electron chi connectivity index (χ0n) is 17.6. The van der Waals surface area contributed by atoms with E-state index in [0.717, 1.165) is 41.3 Å². The Balaban J connectivity index is 1.69. The zero-order chi connectivity index (χ0) is 20.8. The highest BCUT2D eigenvalue weighted by atomic mass is 16.5. The second-order valence-corrected chi connectivity index (χ2v) is 8.24. The first-order chi connectivity index (χ1) is 13.8. The average molecular weight is 393 g/mol. The lowest BCUT2D eigenvalue weighted by Crippen LogP contribution is -2.43. The van der Waals surface area contributed by atoms with E-state index < -0.39 is 5.54 Å². The molecule has 0 unspecified atom stereocenters. The molecule has 0 saturated heterocycles. The van der Waals surface area contributed by atoms with Gasteiger partial charge in [0.2, 0.25) is 0 Å². The molecule has 0 aromatic carbocycles. The smallest absolute Gasteiger partial charge is 0.274 e. The van der Waals surface area contributed by atoms with Crippen molar-refractivity contribution in [3.63, 3.8) is 0 Å². The van der Waals surface area contributed by atoms with Crippen molar-refractivity contribution in [1.29, 1.82) is 0 Å². The molecule has 0 fully saturated rings. The third kappa shape index (κ3) is 3.46. The van der Waals surface area contributed by atoms with Crippen molar-refractivity contribution < 1.29 is 9.53 Å². The first-order valence-electron chi connectivity index (χ1n) is 9.84. The van der Waals surface area contributed by atoms with Crippen molar-refractivity contribution in [2.24, 2.45) is 0 Å². The van der Waals surface area contributed by atoms with Gasteiger partial charge in [-0.2, -0.15) is 0 Å². The molecule has 0 bridgehead atoms. The van der Waals surface area contributed by atoms with Crippen LogP contribution in [0.2, 0.25) is 0 Å². The van der Waals surface area contributed by atoms with Gasteiger partial charge in [-0.25, -0.2) is 9.97 Å². The molecule has 0 saturated carbocycles. The number of carbonyl (C=O) groups is 1. The van der Waals surface area contributed by atoms with Gasteiger partial charge in [-0.05, 0) is 52.4 Å². The van der Waals surface area contributed by atoms with Gasteiger partial charge in [0, 0.05) is 31.0 Å². The van der Waals surface area contributed by atoms with Crippen LogP contribution in [-0.2, 0) is 12.1 Å².